The Balaban J connectivity index is 0.00000200. The molecule has 1 saturated heterocycles. The van der Waals surface area contributed by atoms with Crippen LogP contribution in [0.2, 0.25) is 0 Å². The monoisotopic (exact) mass is 317 g/mol. The number of hydroxylamine groups is 2. The van der Waals surface area contributed by atoms with Gasteiger partial charge in [0, 0.05) is 0 Å². The van der Waals surface area contributed by atoms with Gasteiger partial charge in [0.15, 0.2) is 0 Å². The van der Waals surface area contributed by atoms with Gasteiger partial charge in [-0.15, -0.1) is 4.28 Å². The number of primary amides is 1. The summed E-state index contributed by atoms with van der Waals surface area (Å²) in [6.45, 7) is -0.556. The maximum atomic E-state index is 11.9. The Hall–Kier alpha value is -0.690. The summed E-state index contributed by atoms with van der Waals surface area (Å²) >= 11 is 0. The molecule has 3 amide bonds. The number of amides is 3. The molecule has 0 aromatic rings. The van der Waals surface area contributed by atoms with E-state index in [0.717, 1.165) is 4.90 Å². The molecule has 12 heteroatoms. The van der Waals surface area contributed by atoms with E-state index in [1.54, 1.807) is 0 Å². The number of aliphatic hydroxyl groups excluding tert-OH is 1. The van der Waals surface area contributed by atoms with Gasteiger partial charge in [-0.3, -0.25) is 9.35 Å². The summed E-state index contributed by atoms with van der Waals surface area (Å²) in [5, 5.41) is 9.55. The Kier molecular flexibility index (Phi) is 5.18. The van der Waals surface area contributed by atoms with Crippen LogP contribution in [-0.4, -0.2) is 94.8 Å². The van der Waals surface area contributed by atoms with Crippen molar-refractivity contribution in [3.05, 3.63) is 11.6 Å². The van der Waals surface area contributed by atoms with Gasteiger partial charge in [0.1, 0.15) is 6.04 Å². The van der Waals surface area contributed by atoms with Crippen molar-refractivity contribution >= 4 is 51.9 Å². The first-order chi connectivity index (χ1) is 8.74. The fraction of sp³-hybridized carbons (Fsp3) is 0.500. The third-order valence-electron chi connectivity index (χ3n) is 2.82. The van der Waals surface area contributed by atoms with Crippen molar-refractivity contribution in [1.82, 2.24) is 9.96 Å². The second-order valence-corrected chi connectivity index (χ2v) is 5.04. The van der Waals surface area contributed by atoms with Crippen LogP contribution < -0.4 is 5.73 Å². The normalized spacial score (nSPS) is 25.3. The minimum absolute atomic E-state index is 0. The summed E-state index contributed by atoms with van der Waals surface area (Å²) in [6.07, 6.45) is 1.31. The average molecular weight is 317 g/mol. The van der Waals surface area contributed by atoms with Crippen molar-refractivity contribution in [2.75, 3.05) is 13.2 Å². The summed E-state index contributed by atoms with van der Waals surface area (Å²) in [7, 11) is -4.87. The number of hydrogen-bond acceptors (Lipinski definition) is 6. The van der Waals surface area contributed by atoms with Crippen molar-refractivity contribution in [2.24, 2.45) is 5.73 Å². The van der Waals surface area contributed by atoms with Gasteiger partial charge in [0.05, 0.1) is 19.2 Å². The van der Waals surface area contributed by atoms with E-state index in [2.05, 4.69) is 4.28 Å². The standard InChI is InChI=1S/C8H11N3O7S.Na.H/c9-7(13)6-4(3-12)1-5-2-10(6)8(14)11(5)18-19(15,16)17;;/h1,5-6,12H,2-3H2,(H2,9,13)(H,15,16,17);;/t5-,6+;;/m1../s1. The van der Waals surface area contributed by atoms with Crippen LogP contribution in [0.5, 0.6) is 0 Å². The van der Waals surface area contributed by atoms with Gasteiger partial charge in [-0.1, -0.05) is 6.08 Å². The van der Waals surface area contributed by atoms with Gasteiger partial charge < -0.3 is 15.7 Å². The molecule has 2 aliphatic rings. The van der Waals surface area contributed by atoms with Gasteiger partial charge in [-0.2, -0.15) is 13.5 Å². The Morgan fingerprint density at radius 2 is 2.15 bits per heavy atom. The van der Waals surface area contributed by atoms with Crippen LogP contribution in [0.15, 0.2) is 11.6 Å². The molecule has 0 spiro atoms. The fourth-order valence-electron chi connectivity index (χ4n) is 2.16. The zero-order valence-corrected chi connectivity index (χ0v) is 10.3. The first-order valence-corrected chi connectivity index (χ1v) is 6.48. The van der Waals surface area contributed by atoms with Gasteiger partial charge >= 0.3 is 46.0 Å². The van der Waals surface area contributed by atoms with E-state index in [-0.39, 0.29) is 41.7 Å². The number of urea groups is 1. The molecule has 10 nitrogen and oxygen atoms in total. The number of aliphatic hydroxyl groups is 1. The molecule has 2 bridgehead atoms. The number of rotatable bonds is 4. The molecule has 2 atom stereocenters. The molecule has 0 aromatic carbocycles. The van der Waals surface area contributed by atoms with E-state index >= 15 is 0 Å². The van der Waals surface area contributed by atoms with Gasteiger partial charge in [-0.05, 0) is 5.57 Å². The molecule has 0 unspecified atom stereocenters. The van der Waals surface area contributed by atoms with Gasteiger partial charge in [-0.25, -0.2) is 4.79 Å². The van der Waals surface area contributed by atoms with Crippen molar-refractivity contribution in [2.45, 2.75) is 12.1 Å². The van der Waals surface area contributed by atoms with Crippen molar-refractivity contribution in [1.29, 1.82) is 0 Å². The van der Waals surface area contributed by atoms with Gasteiger partial charge in [0.2, 0.25) is 5.91 Å². The predicted octanol–water partition coefficient (Wildman–Crippen LogP) is -3.04. The Morgan fingerprint density at radius 3 is 2.60 bits per heavy atom. The van der Waals surface area contributed by atoms with Crippen LogP contribution in [-0.2, 0) is 19.5 Å². The Bertz CT molecular complexity index is 562. The summed E-state index contributed by atoms with van der Waals surface area (Å²) in [5.41, 5.74) is 5.31. The number of nitrogens with zero attached hydrogens (tertiary/aromatic N) is 2. The van der Waals surface area contributed by atoms with E-state index < -0.39 is 41.0 Å². The summed E-state index contributed by atoms with van der Waals surface area (Å²) in [4.78, 5) is 24.1. The van der Waals surface area contributed by atoms with Crippen molar-refractivity contribution in [3.8, 4) is 0 Å². The van der Waals surface area contributed by atoms with Crippen LogP contribution in [0.4, 0.5) is 4.79 Å². The van der Waals surface area contributed by atoms with Crippen LogP contribution >= 0.6 is 0 Å². The molecule has 108 valence electrons. The minimum atomic E-state index is -4.87. The van der Waals surface area contributed by atoms with Crippen molar-refractivity contribution < 1.29 is 31.9 Å². The Labute approximate surface area is 136 Å². The molecule has 2 heterocycles. The van der Waals surface area contributed by atoms with E-state index in [4.69, 9.17) is 15.4 Å². The van der Waals surface area contributed by atoms with Crippen LogP contribution in [0, 0.1) is 0 Å². The van der Waals surface area contributed by atoms with E-state index in [0.29, 0.717) is 5.06 Å². The molecule has 2 rings (SSSR count). The molecule has 1 fully saturated rings. The molecule has 2 aliphatic heterocycles. The molecule has 0 saturated carbocycles. The molecule has 0 aromatic heterocycles. The van der Waals surface area contributed by atoms with Crippen LogP contribution in [0.25, 0.3) is 0 Å². The molecule has 0 radical (unpaired) electrons. The van der Waals surface area contributed by atoms with E-state index in [1.807, 2.05) is 0 Å². The zero-order chi connectivity index (χ0) is 14.4. The van der Waals surface area contributed by atoms with E-state index in [1.165, 1.54) is 6.08 Å². The second-order valence-electron chi connectivity index (χ2n) is 4.03. The molecule has 20 heavy (non-hydrogen) atoms. The number of fused-ring (bicyclic) bond motifs is 2. The zero-order valence-electron chi connectivity index (χ0n) is 9.46. The number of nitrogens with two attached hydrogens (primary N) is 1. The predicted molar refractivity (Wildman–Crippen MR) is 65.7 cm³/mol. The number of carbonyl (C=O) groups is 2. The van der Waals surface area contributed by atoms with Crippen LogP contribution in [0.3, 0.4) is 0 Å². The second kappa shape index (κ2) is 5.97. The SMILES string of the molecule is NC(=O)[C@@H]1C(CO)=C[C@@H]2CN1C(=O)N2OS(=O)(=O)O.[NaH]. The first-order valence-electron chi connectivity index (χ1n) is 5.12. The fourth-order valence-corrected chi connectivity index (χ4v) is 2.54. The quantitative estimate of drug-likeness (QED) is 0.283. The molecular weight excluding hydrogens is 305 g/mol. The Morgan fingerprint density at radius 1 is 1.55 bits per heavy atom. The van der Waals surface area contributed by atoms with Crippen molar-refractivity contribution in [3.63, 3.8) is 0 Å². The van der Waals surface area contributed by atoms with Gasteiger partial charge in [0.25, 0.3) is 0 Å². The van der Waals surface area contributed by atoms with Crippen LogP contribution in [0.1, 0.15) is 0 Å². The summed E-state index contributed by atoms with van der Waals surface area (Å²) in [6, 6.07) is -2.94. The molecular formula is C8H12N3NaO7S. The molecule has 4 N–H and O–H groups in total. The summed E-state index contributed by atoms with van der Waals surface area (Å²) in [5.74, 6) is -0.860. The third-order valence-corrected chi connectivity index (χ3v) is 3.16. The number of hydrogen-bond donors (Lipinski definition) is 3. The summed E-state index contributed by atoms with van der Waals surface area (Å²) < 4.78 is 34.0. The first kappa shape index (κ1) is 17.4. The third kappa shape index (κ3) is 3.14. The number of carbonyl (C=O) groups excluding carboxylic acids is 2. The van der Waals surface area contributed by atoms with E-state index in [9.17, 15) is 18.0 Å². The maximum absolute atomic E-state index is 11.9. The average Bonchev–Trinajstić information content (AvgIpc) is 2.52. The molecule has 0 aliphatic carbocycles. The topological polar surface area (TPSA) is 150 Å².